The number of piperazine rings is 2. The molecule has 0 bridgehead atoms. The molecule has 0 unspecified atom stereocenters. The predicted octanol–water partition coefficient (Wildman–Crippen LogP) is 5.41. The summed E-state index contributed by atoms with van der Waals surface area (Å²) in [6.07, 6.45) is -1.78. The molecule has 2 aromatic rings. The number of hydrogen-bond donors (Lipinski definition) is 0. The Kier molecular flexibility index (Phi) is 11.1. The number of alkyl halides is 3. The van der Waals surface area contributed by atoms with Crippen molar-refractivity contribution in [1.82, 2.24) is 19.8 Å². The van der Waals surface area contributed by atoms with Gasteiger partial charge in [-0.05, 0) is 18.2 Å². The molecule has 2 aliphatic rings. The zero-order valence-corrected chi connectivity index (χ0v) is 24.1. The minimum absolute atomic E-state index is 0.000185. The number of carbonyl (C=O) groups is 1. The summed E-state index contributed by atoms with van der Waals surface area (Å²) in [5.41, 5.74) is 1.13. The van der Waals surface area contributed by atoms with E-state index in [1.165, 1.54) is 31.3 Å². The normalized spacial score (nSPS) is 16.5. The summed E-state index contributed by atoms with van der Waals surface area (Å²) in [5.74, 6) is 0.297. The molecule has 3 heterocycles. The third kappa shape index (κ3) is 8.66. The highest BCUT2D eigenvalue weighted by atomic mass is 35.5. The molecule has 0 N–H and O–H groups in total. The molecule has 4 rings (SSSR count). The first-order valence-corrected chi connectivity index (χ1v) is 13.7. The third-order valence-electron chi connectivity index (χ3n) is 6.46. The molecule has 0 saturated carbocycles. The molecule has 41 heavy (non-hydrogen) atoms. The van der Waals surface area contributed by atoms with Gasteiger partial charge in [-0.15, -0.1) is 0 Å². The van der Waals surface area contributed by atoms with Gasteiger partial charge in [-0.2, -0.15) is 18.2 Å². The summed E-state index contributed by atoms with van der Waals surface area (Å²) in [6.45, 7) is 12.5. The first kappa shape index (κ1) is 31.9. The lowest BCUT2D eigenvalue weighted by Gasteiger charge is -2.38. The van der Waals surface area contributed by atoms with E-state index >= 15 is 0 Å². The number of aliphatic imine (C=N–C) groups is 1. The van der Waals surface area contributed by atoms with Gasteiger partial charge in [0.25, 0.3) is 0 Å². The maximum atomic E-state index is 13.8. The number of carbonyl (C=O) groups excluding carboxylic acids is 1. The lowest BCUT2D eigenvalue weighted by atomic mass is 10.1. The number of aromatic nitrogens is 2. The second-order valence-electron chi connectivity index (χ2n) is 9.07. The Labute approximate surface area is 242 Å². The molecule has 222 valence electrons. The van der Waals surface area contributed by atoms with Crippen LogP contribution in [0.2, 0.25) is 5.02 Å². The second kappa shape index (κ2) is 14.3. The highest BCUT2D eigenvalue weighted by Gasteiger charge is 2.29. The SMILES string of the molecule is C=C/C=N\C(=C\C(F)(F)F)N1CCN(c2cc(-c3ccc(F)c(Cl)c3)nc(N3CCN(C(C)=O)CC3)n2)CC1.CC. The van der Waals surface area contributed by atoms with Crippen LogP contribution in [0.3, 0.4) is 0 Å². The molecule has 0 radical (unpaired) electrons. The van der Waals surface area contributed by atoms with Crippen LogP contribution >= 0.6 is 11.6 Å². The van der Waals surface area contributed by atoms with Crippen molar-refractivity contribution in [3.05, 3.63) is 59.7 Å². The summed E-state index contributed by atoms with van der Waals surface area (Å²) < 4.78 is 53.1. The van der Waals surface area contributed by atoms with E-state index in [1.54, 1.807) is 21.9 Å². The van der Waals surface area contributed by atoms with Gasteiger partial charge in [0.05, 0.1) is 16.8 Å². The van der Waals surface area contributed by atoms with Gasteiger partial charge in [-0.25, -0.2) is 14.4 Å². The molecule has 0 spiro atoms. The quantitative estimate of drug-likeness (QED) is 0.329. The van der Waals surface area contributed by atoms with Gasteiger partial charge in [0.1, 0.15) is 17.5 Å². The fourth-order valence-electron chi connectivity index (χ4n) is 4.40. The van der Waals surface area contributed by atoms with Gasteiger partial charge in [0.15, 0.2) is 0 Å². The van der Waals surface area contributed by atoms with Gasteiger partial charge in [0.2, 0.25) is 11.9 Å². The lowest BCUT2D eigenvalue weighted by Crippen LogP contribution is -2.49. The number of allylic oxidation sites excluding steroid dienone is 2. The van der Waals surface area contributed by atoms with Crippen molar-refractivity contribution in [1.29, 1.82) is 0 Å². The highest BCUT2D eigenvalue weighted by Crippen LogP contribution is 2.30. The maximum absolute atomic E-state index is 13.8. The summed E-state index contributed by atoms with van der Waals surface area (Å²) in [5, 5.41) is -0.0399. The number of amides is 1. The zero-order valence-electron chi connectivity index (χ0n) is 23.3. The fraction of sp³-hybridized carbons (Fsp3) is 0.429. The van der Waals surface area contributed by atoms with E-state index in [1.807, 2.05) is 23.6 Å². The Bertz CT molecular complexity index is 1270. The van der Waals surface area contributed by atoms with Gasteiger partial charge in [0, 0.05) is 77.1 Å². The molecule has 13 heteroatoms. The van der Waals surface area contributed by atoms with Crippen molar-refractivity contribution in [3.8, 4) is 11.3 Å². The smallest absolute Gasteiger partial charge is 0.353 e. The van der Waals surface area contributed by atoms with Crippen molar-refractivity contribution in [3.63, 3.8) is 0 Å². The third-order valence-corrected chi connectivity index (χ3v) is 6.75. The van der Waals surface area contributed by atoms with Gasteiger partial charge < -0.3 is 19.6 Å². The molecule has 0 aliphatic carbocycles. The number of anilines is 2. The molecule has 0 atom stereocenters. The Balaban J connectivity index is 0.00000226. The van der Waals surface area contributed by atoms with E-state index in [0.29, 0.717) is 62.3 Å². The standard InChI is InChI=1S/C26H28ClF4N7O.C2H6/c1-3-6-32-24(17-26(29,30)31)37-11-9-36(10-12-37)23-16-22(19-4-5-21(28)20(27)15-19)33-25(34-23)38-13-7-35(8-14-38)18(2)39;1-2/h3-6,15-17H,1,7-14H2,2H3;1-2H3/b24-17-,32-6-;. The monoisotopic (exact) mass is 595 g/mol. The van der Waals surface area contributed by atoms with E-state index in [4.69, 9.17) is 21.6 Å². The largest absolute Gasteiger partial charge is 0.413 e. The van der Waals surface area contributed by atoms with E-state index < -0.39 is 12.0 Å². The van der Waals surface area contributed by atoms with Crippen molar-refractivity contribution in [2.45, 2.75) is 26.9 Å². The van der Waals surface area contributed by atoms with Crippen LogP contribution in [0, 0.1) is 5.82 Å². The molecular formula is C28H34ClF4N7O. The average Bonchev–Trinajstić information content (AvgIpc) is 2.97. The van der Waals surface area contributed by atoms with E-state index in [-0.39, 0.29) is 35.9 Å². The van der Waals surface area contributed by atoms with Gasteiger partial charge >= 0.3 is 6.18 Å². The molecule has 2 aliphatic heterocycles. The lowest BCUT2D eigenvalue weighted by molar-refractivity contribution is -0.129. The molecule has 1 amide bonds. The Hall–Kier alpha value is -3.67. The number of rotatable bonds is 6. The first-order valence-electron chi connectivity index (χ1n) is 13.3. The average molecular weight is 596 g/mol. The minimum atomic E-state index is -4.51. The van der Waals surface area contributed by atoms with Crippen LogP contribution in [0.5, 0.6) is 0 Å². The Morgan fingerprint density at radius 1 is 0.976 bits per heavy atom. The molecule has 2 fully saturated rings. The maximum Gasteiger partial charge on any atom is 0.413 e. The van der Waals surface area contributed by atoms with Crippen molar-refractivity contribution in [2.75, 3.05) is 62.2 Å². The van der Waals surface area contributed by atoms with E-state index in [2.05, 4.69) is 11.6 Å². The molecular weight excluding hydrogens is 562 g/mol. The molecule has 1 aromatic heterocycles. The number of hydrogen-bond acceptors (Lipinski definition) is 7. The summed E-state index contributed by atoms with van der Waals surface area (Å²) >= 11 is 6.03. The second-order valence-corrected chi connectivity index (χ2v) is 9.47. The van der Waals surface area contributed by atoms with Gasteiger partial charge in [-0.3, -0.25) is 4.79 Å². The number of benzene rings is 1. The van der Waals surface area contributed by atoms with E-state index in [0.717, 1.165) is 0 Å². The van der Waals surface area contributed by atoms with Crippen LogP contribution in [-0.2, 0) is 4.79 Å². The Morgan fingerprint density at radius 3 is 2.15 bits per heavy atom. The Morgan fingerprint density at radius 2 is 1.59 bits per heavy atom. The zero-order chi connectivity index (χ0) is 30.2. The topological polar surface area (TPSA) is 68.2 Å². The van der Waals surface area contributed by atoms with Crippen molar-refractivity contribution < 1.29 is 22.4 Å². The van der Waals surface area contributed by atoms with Crippen LogP contribution in [0.1, 0.15) is 20.8 Å². The van der Waals surface area contributed by atoms with Crippen LogP contribution < -0.4 is 9.80 Å². The van der Waals surface area contributed by atoms with E-state index in [9.17, 15) is 22.4 Å². The summed E-state index contributed by atoms with van der Waals surface area (Å²) in [7, 11) is 0. The molecule has 2 saturated heterocycles. The van der Waals surface area contributed by atoms with Crippen molar-refractivity contribution in [2.24, 2.45) is 4.99 Å². The fourth-order valence-corrected chi connectivity index (χ4v) is 4.58. The molecule has 8 nitrogen and oxygen atoms in total. The highest BCUT2D eigenvalue weighted by molar-refractivity contribution is 6.31. The number of nitrogens with zero attached hydrogens (tertiary/aromatic N) is 7. The van der Waals surface area contributed by atoms with Crippen LogP contribution in [0.4, 0.5) is 29.3 Å². The summed E-state index contributed by atoms with van der Waals surface area (Å²) in [4.78, 5) is 32.4. The van der Waals surface area contributed by atoms with Crippen molar-refractivity contribution >= 4 is 35.5 Å². The number of halogens is 5. The predicted molar refractivity (Wildman–Crippen MR) is 155 cm³/mol. The minimum Gasteiger partial charge on any atom is -0.353 e. The first-order chi connectivity index (χ1) is 19.5. The van der Waals surface area contributed by atoms with Crippen LogP contribution in [-0.4, -0.2) is 90.4 Å². The van der Waals surface area contributed by atoms with Crippen LogP contribution in [0.15, 0.2) is 53.8 Å². The summed E-state index contributed by atoms with van der Waals surface area (Å²) in [6, 6.07) is 6.09. The molecule has 1 aromatic carbocycles. The van der Waals surface area contributed by atoms with Gasteiger partial charge in [-0.1, -0.05) is 38.1 Å². The van der Waals surface area contributed by atoms with Crippen LogP contribution in [0.25, 0.3) is 11.3 Å².